The molecule has 1 amide bonds. The second-order valence-corrected chi connectivity index (χ2v) is 7.65. The zero-order valence-corrected chi connectivity index (χ0v) is 15.5. The van der Waals surface area contributed by atoms with Crippen LogP contribution >= 0.6 is 11.3 Å². The lowest BCUT2D eigenvalue weighted by Crippen LogP contribution is -2.23. The van der Waals surface area contributed by atoms with Gasteiger partial charge in [0.05, 0.1) is 0 Å². The van der Waals surface area contributed by atoms with E-state index in [0.29, 0.717) is 6.04 Å². The fourth-order valence-corrected chi connectivity index (χ4v) is 3.76. The second kappa shape index (κ2) is 7.75. The third-order valence-electron chi connectivity index (χ3n) is 3.99. The van der Waals surface area contributed by atoms with Crippen molar-refractivity contribution in [1.29, 1.82) is 0 Å². The van der Waals surface area contributed by atoms with E-state index >= 15 is 0 Å². The zero-order valence-electron chi connectivity index (χ0n) is 14.6. The normalized spacial score (nSPS) is 12.2. The Hall–Kier alpha value is -1.65. The first kappa shape index (κ1) is 17.7. The van der Waals surface area contributed by atoms with Gasteiger partial charge >= 0.3 is 0 Å². The first-order chi connectivity index (χ1) is 10.9. The van der Waals surface area contributed by atoms with Crippen LogP contribution in [0.25, 0.3) is 0 Å². The summed E-state index contributed by atoms with van der Waals surface area (Å²) >= 11 is 1.85. The minimum absolute atomic E-state index is 0.0533. The number of rotatable bonds is 6. The number of benzene rings is 1. The number of amides is 1. The average molecular weight is 330 g/mol. The molecule has 0 radical (unpaired) electrons. The van der Waals surface area contributed by atoms with Crippen LogP contribution in [0, 0.1) is 13.8 Å². The maximum atomic E-state index is 12.0. The van der Waals surface area contributed by atoms with Gasteiger partial charge in [0.25, 0.3) is 5.91 Å². The molecular weight excluding hydrogens is 304 g/mol. The monoisotopic (exact) mass is 330 g/mol. The maximum Gasteiger partial charge on any atom is 0.253 e. The van der Waals surface area contributed by atoms with Gasteiger partial charge < -0.3 is 10.2 Å². The van der Waals surface area contributed by atoms with Crippen molar-refractivity contribution in [2.24, 2.45) is 0 Å². The Balaban J connectivity index is 1.92. The molecule has 0 fully saturated rings. The summed E-state index contributed by atoms with van der Waals surface area (Å²) in [5, 5.41) is 3.58. The summed E-state index contributed by atoms with van der Waals surface area (Å²) in [4.78, 5) is 16.4. The van der Waals surface area contributed by atoms with Crippen LogP contribution in [0.3, 0.4) is 0 Å². The predicted octanol–water partition coefficient (Wildman–Crippen LogP) is 3.96. The number of nitrogens with zero attached hydrogens (tertiary/aromatic N) is 1. The first-order valence-electron chi connectivity index (χ1n) is 7.99. The third-order valence-corrected chi connectivity index (χ3v) is 4.97. The van der Waals surface area contributed by atoms with Crippen molar-refractivity contribution in [2.75, 3.05) is 20.6 Å². The van der Waals surface area contributed by atoms with Crippen LogP contribution in [-0.4, -0.2) is 31.4 Å². The third kappa shape index (κ3) is 4.66. The van der Waals surface area contributed by atoms with Gasteiger partial charge in [-0.1, -0.05) is 12.1 Å². The number of aryl methyl sites for hydroxylation is 2. The van der Waals surface area contributed by atoms with Crippen molar-refractivity contribution in [2.45, 2.75) is 33.2 Å². The molecule has 2 aromatic rings. The molecule has 1 unspecified atom stereocenters. The maximum absolute atomic E-state index is 12.0. The van der Waals surface area contributed by atoms with E-state index in [-0.39, 0.29) is 5.91 Å². The molecule has 1 atom stereocenters. The number of hydrogen-bond donors (Lipinski definition) is 1. The lowest BCUT2D eigenvalue weighted by molar-refractivity contribution is 0.0827. The van der Waals surface area contributed by atoms with Gasteiger partial charge in [-0.05, 0) is 63.1 Å². The van der Waals surface area contributed by atoms with Gasteiger partial charge in [-0.2, -0.15) is 0 Å². The molecule has 0 saturated heterocycles. The van der Waals surface area contributed by atoms with Gasteiger partial charge in [-0.15, -0.1) is 11.3 Å². The topological polar surface area (TPSA) is 32.3 Å². The molecule has 0 aliphatic rings. The Labute approximate surface area is 143 Å². The van der Waals surface area contributed by atoms with Crippen LogP contribution < -0.4 is 5.32 Å². The summed E-state index contributed by atoms with van der Waals surface area (Å²) in [7, 11) is 3.56. The smallest absolute Gasteiger partial charge is 0.253 e. The van der Waals surface area contributed by atoms with Crippen molar-refractivity contribution in [3.8, 4) is 0 Å². The molecule has 2 rings (SSSR count). The van der Waals surface area contributed by atoms with Gasteiger partial charge in [-0.3, -0.25) is 4.79 Å². The summed E-state index contributed by atoms with van der Waals surface area (Å²) in [6.07, 6.45) is 0.918. The van der Waals surface area contributed by atoms with Crippen LogP contribution in [0.5, 0.6) is 0 Å². The second-order valence-electron chi connectivity index (χ2n) is 6.19. The number of hydrogen-bond acceptors (Lipinski definition) is 3. The lowest BCUT2D eigenvalue weighted by atomic mass is 10.1. The lowest BCUT2D eigenvalue weighted by Gasteiger charge is -2.14. The van der Waals surface area contributed by atoms with Gasteiger partial charge in [0.2, 0.25) is 0 Å². The Bertz CT molecular complexity index is 676. The van der Waals surface area contributed by atoms with Gasteiger partial charge in [-0.25, -0.2) is 0 Å². The molecule has 1 heterocycles. The van der Waals surface area contributed by atoms with E-state index in [9.17, 15) is 4.79 Å². The van der Waals surface area contributed by atoms with E-state index in [1.807, 2.05) is 29.5 Å². The Morgan fingerprint density at radius 2 is 2.00 bits per heavy atom. The first-order valence-corrected chi connectivity index (χ1v) is 8.81. The van der Waals surface area contributed by atoms with Crippen molar-refractivity contribution in [3.05, 3.63) is 56.8 Å². The summed E-state index contributed by atoms with van der Waals surface area (Å²) in [6, 6.07) is 10.5. The van der Waals surface area contributed by atoms with E-state index < -0.39 is 0 Å². The van der Waals surface area contributed by atoms with Crippen LogP contribution in [0.1, 0.15) is 44.2 Å². The van der Waals surface area contributed by atoms with Crippen molar-refractivity contribution < 1.29 is 4.79 Å². The molecule has 0 bridgehead atoms. The average Bonchev–Trinajstić information content (AvgIpc) is 2.85. The molecule has 1 aromatic carbocycles. The Morgan fingerprint density at radius 1 is 1.26 bits per heavy atom. The van der Waals surface area contributed by atoms with Gasteiger partial charge in [0, 0.05) is 35.5 Å². The van der Waals surface area contributed by atoms with Gasteiger partial charge in [0.1, 0.15) is 0 Å². The zero-order chi connectivity index (χ0) is 17.0. The predicted molar refractivity (Wildman–Crippen MR) is 98.4 cm³/mol. The standard InChI is InChI=1S/C19H26N2OS/c1-13-11-18(15(3)23-13)14(2)20-10-9-16-7-6-8-17(12-16)19(22)21(4)5/h6-8,11-12,14,20H,9-10H2,1-5H3. The number of carbonyl (C=O) groups is 1. The molecule has 124 valence electrons. The van der Waals surface area contributed by atoms with E-state index in [1.54, 1.807) is 19.0 Å². The fraction of sp³-hybridized carbons (Fsp3) is 0.421. The van der Waals surface area contributed by atoms with E-state index in [0.717, 1.165) is 18.5 Å². The minimum atomic E-state index is 0.0533. The van der Waals surface area contributed by atoms with Crippen molar-refractivity contribution in [1.82, 2.24) is 10.2 Å². The number of carbonyl (C=O) groups excluding carboxylic acids is 1. The molecule has 1 N–H and O–H groups in total. The van der Waals surface area contributed by atoms with Crippen LogP contribution in [0.4, 0.5) is 0 Å². The quantitative estimate of drug-likeness (QED) is 0.869. The minimum Gasteiger partial charge on any atom is -0.345 e. The molecule has 4 heteroatoms. The highest BCUT2D eigenvalue weighted by molar-refractivity contribution is 7.12. The SMILES string of the molecule is Cc1cc(C(C)NCCc2cccc(C(=O)N(C)C)c2)c(C)s1. The number of thiophene rings is 1. The largest absolute Gasteiger partial charge is 0.345 e. The van der Waals surface area contributed by atoms with Crippen LogP contribution in [-0.2, 0) is 6.42 Å². The number of nitrogens with one attached hydrogen (secondary N) is 1. The van der Waals surface area contributed by atoms with Crippen LogP contribution in [0.2, 0.25) is 0 Å². The summed E-state index contributed by atoms with van der Waals surface area (Å²) in [5.41, 5.74) is 3.34. The highest BCUT2D eigenvalue weighted by Gasteiger charge is 2.11. The molecular formula is C19H26N2OS. The van der Waals surface area contributed by atoms with Gasteiger partial charge in [0.15, 0.2) is 0 Å². The van der Waals surface area contributed by atoms with E-state index in [2.05, 4.69) is 38.2 Å². The Kier molecular flexibility index (Phi) is 5.97. The molecule has 23 heavy (non-hydrogen) atoms. The highest BCUT2D eigenvalue weighted by Crippen LogP contribution is 2.26. The van der Waals surface area contributed by atoms with E-state index in [4.69, 9.17) is 0 Å². The summed E-state index contributed by atoms with van der Waals surface area (Å²) < 4.78 is 0. The molecule has 0 spiro atoms. The highest BCUT2D eigenvalue weighted by atomic mass is 32.1. The molecule has 0 aliphatic heterocycles. The molecule has 0 saturated carbocycles. The van der Waals surface area contributed by atoms with Crippen LogP contribution in [0.15, 0.2) is 30.3 Å². The molecule has 0 aliphatic carbocycles. The fourth-order valence-electron chi connectivity index (χ4n) is 2.74. The molecule has 1 aromatic heterocycles. The Morgan fingerprint density at radius 3 is 2.61 bits per heavy atom. The van der Waals surface area contributed by atoms with Crippen molar-refractivity contribution in [3.63, 3.8) is 0 Å². The van der Waals surface area contributed by atoms with E-state index in [1.165, 1.54) is 20.9 Å². The van der Waals surface area contributed by atoms with Crippen molar-refractivity contribution >= 4 is 17.2 Å². The molecule has 3 nitrogen and oxygen atoms in total. The summed E-state index contributed by atoms with van der Waals surface area (Å²) in [5.74, 6) is 0.0533. The summed E-state index contributed by atoms with van der Waals surface area (Å²) in [6.45, 7) is 7.44.